The van der Waals surface area contributed by atoms with Gasteiger partial charge in [-0.1, -0.05) is 23.9 Å². The molecule has 4 rings (SSSR count). The zero-order valence-corrected chi connectivity index (χ0v) is 18.4. The number of hydrogen-bond acceptors (Lipinski definition) is 6. The fourth-order valence-corrected chi connectivity index (χ4v) is 4.80. The largest absolute Gasteiger partial charge is 0.495 e. The number of aliphatic imine (C=N–C) groups is 1. The Morgan fingerprint density at radius 3 is 2.78 bits per heavy atom. The van der Waals surface area contributed by atoms with E-state index in [0.29, 0.717) is 35.4 Å². The summed E-state index contributed by atoms with van der Waals surface area (Å²) in [5, 5.41) is 2.70. The van der Waals surface area contributed by atoms with Crippen LogP contribution in [0.3, 0.4) is 0 Å². The molecule has 2 aromatic carbocycles. The number of amides is 2. The van der Waals surface area contributed by atoms with Gasteiger partial charge in [0.15, 0.2) is 5.17 Å². The van der Waals surface area contributed by atoms with Crippen LogP contribution in [0.5, 0.6) is 5.75 Å². The average molecular weight is 458 g/mol. The van der Waals surface area contributed by atoms with Gasteiger partial charge in [0.2, 0.25) is 11.8 Å². The molecular formula is C23H24FN3O4S. The fourth-order valence-electron chi connectivity index (χ4n) is 3.63. The van der Waals surface area contributed by atoms with Crippen molar-refractivity contribution in [3.63, 3.8) is 0 Å². The third kappa shape index (κ3) is 5.28. The van der Waals surface area contributed by atoms with Gasteiger partial charge in [-0.2, -0.15) is 0 Å². The molecule has 2 aliphatic rings. The molecule has 2 heterocycles. The first-order valence-corrected chi connectivity index (χ1v) is 11.3. The van der Waals surface area contributed by atoms with Crippen LogP contribution in [-0.4, -0.2) is 53.5 Å². The zero-order chi connectivity index (χ0) is 22.5. The maximum atomic E-state index is 13.3. The van der Waals surface area contributed by atoms with Crippen LogP contribution in [0.1, 0.15) is 19.3 Å². The topological polar surface area (TPSA) is 80.2 Å². The smallest absolute Gasteiger partial charge is 0.242 e. The molecule has 0 saturated carbocycles. The minimum Gasteiger partial charge on any atom is -0.495 e. The van der Waals surface area contributed by atoms with Crippen LogP contribution in [0.25, 0.3) is 0 Å². The second kappa shape index (κ2) is 10.1. The Morgan fingerprint density at radius 1 is 1.28 bits per heavy atom. The van der Waals surface area contributed by atoms with Crippen molar-refractivity contribution in [2.24, 2.45) is 4.99 Å². The Morgan fingerprint density at radius 2 is 2.06 bits per heavy atom. The summed E-state index contributed by atoms with van der Waals surface area (Å²) in [6.45, 7) is 1.06. The van der Waals surface area contributed by atoms with Gasteiger partial charge in [-0.15, -0.1) is 0 Å². The number of thioether (sulfide) groups is 1. The third-order valence-corrected chi connectivity index (χ3v) is 6.41. The number of nitrogens with one attached hydrogen (secondary N) is 1. The third-order valence-electron chi connectivity index (χ3n) is 5.23. The molecule has 1 N–H and O–H groups in total. The molecule has 0 aromatic heterocycles. The molecule has 2 aromatic rings. The number of nitrogens with zero attached hydrogens (tertiary/aromatic N) is 2. The number of amidine groups is 1. The fraction of sp³-hybridized carbons (Fsp3) is 0.348. The van der Waals surface area contributed by atoms with Crippen LogP contribution in [0, 0.1) is 5.82 Å². The van der Waals surface area contributed by atoms with Gasteiger partial charge in [-0.3, -0.25) is 14.5 Å². The van der Waals surface area contributed by atoms with E-state index in [1.54, 1.807) is 35.2 Å². The first-order valence-electron chi connectivity index (χ1n) is 10.4. The van der Waals surface area contributed by atoms with Crippen molar-refractivity contribution >= 4 is 40.1 Å². The number of hydrogen-bond donors (Lipinski definition) is 1. The summed E-state index contributed by atoms with van der Waals surface area (Å²) in [5.74, 6) is -0.280. The molecule has 2 unspecified atom stereocenters. The number of carbonyl (C=O) groups excluding carboxylic acids is 2. The molecule has 168 valence electrons. The maximum Gasteiger partial charge on any atom is 0.242 e. The van der Waals surface area contributed by atoms with E-state index in [9.17, 15) is 14.0 Å². The van der Waals surface area contributed by atoms with Crippen LogP contribution in [0.2, 0.25) is 0 Å². The van der Waals surface area contributed by atoms with Gasteiger partial charge < -0.3 is 14.8 Å². The van der Waals surface area contributed by atoms with Crippen LogP contribution >= 0.6 is 11.8 Å². The summed E-state index contributed by atoms with van der Waals surface area (Å²) in [6, 6.07) is 12.9. The van der Waals surface area contributed by atoms with Crippen molar-refractivity contribution in [3.8, 4) is 5.75 Å². The number of para-hydroxylation sites is 2. The first-order chi connectivity index (χ1) is 15.5. The van der Waals surface area contributed by atoms with Gasteiger partial charge in [-0.05, 0) is 49.2 Å². The number of ether oxygens (including phenoxy) is 2. The molecule has 2 atom stereocenters. The van der Waals surface area contributed by atoms with Crippen LogP contribution in [0.15, 0.2) is 53.5 Å². The van der Waals surface area contributed by atoms with Crippen LogP contribution in [0.4, 0.5) is 15.8 Å². The van der Waals surface area contributed by atoms with Gasteiger partial charge >= 0.3 is 0 Å². The summed E-state index contributed by atoms with van der Waals surface area (Å²) in [5.41, 5.74) is 1.09. The lowest BCUT2D eigenvalue weighted by Gasteiger charge is -2.20. The first kappa shape index (κ1) is 22.3. The second-order valence-electron chi connectivity index (χ2n) is 7.51. The average Bonchev–Trinajstić information content (AvgIpc) is 3.40. The molecule has 2 fully saturated rings. The summed E-state index contributed by atoms with van der Waals surface area (Å²) in [7, 11) is 1.53. The molecule has 2 aliphatic heterocycles. The molecule has 0 aliphatic carbocycles. The van der Waals surface area contributed by atoms with E-state index in [0.717, 1.165) is 12.8 Å². The highest BCUT2D eigenvalue weighted by atomic mass is 32.2. The minimum atomic E-state index is -0.606. The Hall–Kier alpha value is -2.91. The minimum absolute atomic E-state index is 0.00793. The maximum absolute atomic E-state index is 13.3. The molecule has 0 spiro atoms. The van der Waals surface area contributed by atoms with Gasteiger partial charge in [0, 0.05) is 13.0 Å². The van der Waals surface area contributed by atoms with Crippen molar-refractivity contribution in [1.82, 2.24) is 4.90 Å². The number of halogens is 1. The molecule has 32 heavy (non-hydrogen) atoms. The van der Waals surface area contributed by atoms with Crippen molar-refractivity contribution in [3.05, 3.63) is 54.3 Å². The predicted molar refractivity (Wildman–Crippen MR) is 122 cm³/mol. The molecule has 0 bridgehead atoms. The van der Waals surface area contributed by atoms with Crippen molar-refractivity contribution in [1.29, 1.82) is 0 Å². The molecule has 2 amide bonds. The second-order valence-corrected chi connectivity index (χ2v) is 8.68. The zero-order valence-electron chi connectivity index (χ0n) is 17.6. The highest BCUT2D eigenvalue weighted by Crippen LogP contribution is 2.33. The SMILES string of the molecule is COc1ccccc1NC(=O)CC1SC(=Nc2ccc(F)cc2)N(CC2CCCO2)C1=O. The van der Waals surface area contributed by atoms with E-state index >= 15 is 0 Å². The number of methoxy groups -OCH3 is 1. The van der Waals surface area contributed by atoms with Crippen molar-refractivity contribution in [2.75, 3.05) is 25.6 Å². The van der Waals surface area contributed by atoms with Gasteiger partial charge in [0.25, 0.3) is 0 Å². The van der Waals surface area contributed by atoms with Crippen LogP contribution < -0.4 is 10.1 Å². The number of rotatable bonds is 7. The Kier molecular flexibility index (Phi) is 7.06. The standard InChI is InChI=1S/C23H24FN3O4S/c1-30-19-7-3-2-6-18(19)26-21(28)13-20-22(29)27(14-17-5-4-12-31-17)23(32-20)25-16-10-8-15(24)9-11-16/h2-3,6-11,17,20H,4-5,12-14H2,1H3,(H,26,28). The van der Waals surface area contributed by atoms with E-state index in [4.69, 9.17) is 9.47 Å². The highest BCUT2D eigenvalue weighted by Gasteiger charge is 2.40. The lowest BCUT2D eigenvalue weighted by Crippen LogP contribution is -2.38. The van der Waals surface area contributed by atoms with E-state index in [1.165, 1.54) is 31.0 Å². The van der Waals surface area contributed by atoms with Crippen molar-refractivity contribution in [2.45, 2.75) is 30.6 Å². The number of carbonyl (C=O) groups is 2. The quantitative estimate of drug-likeness (QED) is 0.681. The molecule has 2 saturated heterocycles. The van der Waals surface area contributed by atoms with E-state index < -0.39 is 5.25 Å². The molecular weight excluding hydrogens is 433 g/mol. The molecule has 7 nitrogen and oxygen atoms in total. The number of anilines is 1. The summed E-state index contributed by atoms with van der Waals surface area (Å²) in [6.07, 6.45) is 1.76. The molecule has 0 radical (unpaired) electrons. The monoisotopic (exact) mass is 457 g/mol. The Labute approximate surface area is 190 Å². The summed E-state index contributed by atoms with van der Waals surface area (Å²) in [4.78, 5) is 32.0. The summed E-state index contributed by atoms with van der Waals surface area (Å²) < 4.78 is 24.2. The van der Waals surface area contributed by atoms with Crippen molar-refractivity contribution < 1.29 is 23.5 Å². The lowest BCUT2D eigenvalue weighted by atomic mass is 10.2. The highest BCUT2D eigenvalue weighted by molar-refractivity contribution is 8.15. The molecule has 9 heteroatoms. The van der Waals surface area contributed by atoms with Crippen LogP contribution in [-0.2, 0) is 14.3 Å². The van der Waals surface area contributed by atoms with E-state index in [2.05, 4.69) is 10.3 Å². The van der Waals surface area contributed by atoms with Gasteiger partial charge in [0.1, 0.15) is 16.8 Å². The summed E-state index contributed by atoms with van der Waals surface area (Å²) >= 11 is 1.24. The van der Waals surface area contributed by atoms with Gasteiger partial charge in [-0.25, -0.2) is 9.38 Å². The van der Waals surface area contributed by atoms with E-state index in [-0.39, 0.29) is 30.2 Å². The lowest BCUT2D eigenvalue weighted by molar-refractivity contribution is -0.129. The number of benzene rings is 2. The normalized spacial score (nSPS) is 21.9. The predicted octanol–water partition coefficient (Wildman–Crippen LogP) is 3.97. The van der Waals surface area contributed by atoms with Gasteiger partial charge in [0.05, 0.1) is 31.1 Å². The Bertz CT molecular complexity index is 1010. The Balaban J connectivity index is 1.50. The van der Waals surface area contributed by atoms with E-state index in [1.807, 2.05) is 6.07 Å².